The van der Waals surface area contributed by atoms with Gasteiger partial charge in [0.2, 0.25) is 0 Å². The first-order valence-electron chi connectivity index (χ1n) is 5.97. The minimum atomic E-state index is 0.722. The summed E-state index contributed by atoms with van der Waals surface area (Å²) in [6.07, 6.45) is 10.5. The van der Waals surface area contributed by atoms with Crippen LogP contribution in [0, 0.1) is 17.8 Å². The molecule has 2 unspecified atom stereocenters. The topological polar surface area (TPSA) is 4.93 Å². The number of nitrogens with zero attached hydrogens (tertiary/aromatic N) is 1. The average molecular weight is 189 g/mol. The molecule has 1 heterocycles. The summed E-state index contributed by atoms with van der Waals surface area (Å²) in [7, 11) is 0. The highest BCUT2D eigenvalue weighted by molar-refractivity contribution is 4.98. The van der Waals surface area contributed by atoms with Crippen molar-refractivity contribution >= 4 is 0 Å². The molecule has 1 aromatic rings. The summed E-state index contributed by atoms with van der Waals surface area (Å²) >= 11 is 0. The Morgan fingerprint density at radius 1 is 1.14 bits per heavy atom. The van der Waals surface area contributed by atoms with Gasteiger partial charge in [-0.25, -0.2) is 0 Å². The monoisotopic (exact) mass is 189 g/mol. The van der Waals surface area contributed by atoms with Crippen molar-refractivity contribution in [3.8, 4) is 0 Å². The number of aromatic nitrogens is 1. The van der Waals surface area contributed by atoms with Gasteiger partial charge in [0.25, 0.3) is 0 Å². The zero-order valence-electron chi connectivity index (χ0n) is 8.89. The molecule has 4 atom stereocenters. The smallest absolute Gasteiger partial charge is 0.0333 e. The van der Waals surface area contributed by atoms with E-state index in [4.69, 9.17) is 0 Å². The molecular weight excluding hydrogens is 170 g/mol. The first kappa shape index (κ1) is 8.58. The van der Waals surface area contributed by atoms with Crippen LogP contribution in [0.15, 0.2) is 24.5 Å². The molecule has 0 aliphatic heterocycles. The molecule has 76 valence electrons. The molecule has 1 aromatic heterocycles. The van der Waals surface area contributed by atoms with E-state index in [0.29, 0.717) is 0 Å². The molecular formula is C13H19N. The SMILES string of the molecule is CC(C1C[C@@H]2CC[C@H]1C2)n1cccc1. The van der Waals surface area contributed by atoms with Gasteiger partial charge in [-0.05, 0) is 56.1 Å². The quantitative estimate of drug-likeness (QED) is 0.671. The minimum Gasteiger partial charge on any atom is -0.351 e. The molecule has 1 nitrogen and oxygen atoms in total. The van der Waals surface area contributed by atoms with Gasteiger partial charge in [-0.2, -0.15) is 0 Å². The summed E-state index contributed by atoms with van der Waals surface area (Å²) in [4.78, 5) is 0. The molecule has 0 N–H and O–H groups in total. The van der Waals surface area contributed by atoms with Crippen LogP contribution in [-0.2, 0) is 0 Å². The van der Waals surface area contributed by atoms with Gasteiger partial charge in [0.1, 0.15) is 0 Å². The van der Waals surface area contributed by atoms with Gasteiger partial charge >= 0.3 is 0 Å². The Balaban J connectivity index is 1.77. The lowest BCUT2D eigenvalue weighted by molar-refractivity contribution is 0.243. The van der Waals surface area contributed by atoms with Crippen molar-refractivity contribution in [1.29, 1.82) is 0 Å². The van der Waals surface area contributed by atoms with Gasteiger partial charge in [-0.15, -0.1) is 0 Å². The van der Waals surface area contributed by atoms with Crippen molar-refractivity contribution in [2.75, 3.05) is 0 Å². The van der Waals surface area contributed by atoms with Crippen LogP contribution in [0.1, 0.15) is 38.6 Å². The number of hydrogen-bond acceptors (Lipinski definition) is 0. The molecule has 2 aliphatic rings. The van der Waals surface area contributed by atoms with E-state index in [0.717, 1.165) is 23.8 Å². The molecule has 0 radical (unpaired) electrons. The number of rotatable bonds is 2. The van der Waals surface area contributed by atoms with Gasteiger partial charge < -0.3 is 4.57 Å². The minimum absolute atomic E-state index is 0.722. The lowest BCUT2D eigenvalue weighted by Crippen LogP contribution is -2.21. The molecule has 2 aliphatic carbocycles. The molecule has 3 rings (SSSR count). The van der Waals surface area contributed by atoms with Crippen LogP contribution in [0.25, 0.3) is 0 Å². The second-order valence-electron chi connectivity index (χ2n) is 5.21. The summed E-state index contributed by atoms with van der Waals surface area (Å²) in [5, 5.41) is 0. The largest absolute Gasteiger partial charge is 0.351 e. The van der Waals surface area contributed by atoms with Gasteiger partial charge in [-0.1, -0.05) is 6.42 Å². The lowest BCUT2D eigenvalue weighted by atomic mass is 9.84. The predicted molar refractivity (Wildman–Crippen MR) is 58.1 cm³/mol. The molecule has 0 amide bonds. The Bertz CT molecular complexity index is 301. The summed E-state index contributed by atoms with van der Waals surface area (Å²) in [6, 6.07) is 5.01. The highest BCUT2D eigenvalue weighted by Crippen LogP contribution is 2.51. The Hall–Kier alpha value is -0.720. The van der Waals surface area contributed by atoms with E-state index in [9.17, 15) is 0 Å². The first-order chi connectivity index (χ1) is 6.84. The van der Waals surface area contributed by atoms with Gasteiger partial charge in [0, 0.05) is 18.4 Å². The van der Waals surface area contributed by atoms with Gasteiger partial charge in [0.05, 0.1) is 0 Å². The van der Waals surface area contributed by atoms with Crippen LogP contribution in [0.4, 0.5) is 0 Å². The zero-order chi connectivity index (χ0) is 9.54. The third-order valence-corrected chi connectivity index (χ3v) is 4.51. The fraction of sp³-hybridized carbons (Fsp3) is 0.692. The Labute approximate surface area is 86.1 Å². The van der Waals surface area contributed by atoms with Crippen molar-refractivity contribution in [3.63, 3.8) is 0 Å². The summed E-state index contributed by atoms with van der Waals surface area (Å²) in [5.74, 6) is 3.07. The maximum atomic E-state index is 2.39. The fourth-order valence-corrected chi connectivity index (χ4v) is 3.73. The molecule has 2 bridgehead atoms. The van der Waals surface area contributed by atoms with E-state index in [-0.39, 0.29) is 0 Å². The molecule has 2 saturated carbocycles. The highest BCUT2D eigenvalue weighted by Gasteiger charge is 2.41. The van der Waals surface area contributed by atoms with Crippen LogP contribution >= 0.6 is 0 Å². The van der Waals surface area contributed by atoms with Crippen LogP contribution in [-0.4, -0.2) is 4.57 Å². The third kappa shape index (κ3) is 1.22. The lowest BCUT2D eigenvalue weighted by Gasteiger charge is -2.28. The predicted octanol–water partition coefficient (Wildman–Crippen LogP) is 3.49. The molecule has 0 aromatic carbocycles. The zero-order valence-corrected chi connectivity index (χ0v) is 8.89. The van der Waals surface area contributed by atoms with E-state index in [2.05, 4.69) is 36.0 Å². The maximum Gasteiger partial charge on any atom is 0.0333 e. The summed E-state index contributed by atoms with van der Waals surface area (Å²) in [6.45, 7) is 2.39. The van der Waals surface area contributed by atoms with E-state index >= 15 is 0 Å². The number of fused-ring (bicyclic) bond motifs is 2. The fourth-order valence-electron chi connectivity index (χ4n) is 3.73. The normalized spacial score (nSPS) is 37.6. The summed E-state index contributed by atoms with van der Waals surface area (Å²) < 4.78 is 2.39. The molecule has 2 fully saturated rings. The third-order valence-electron chi connectivity index (χ3n) is 4.51. The molecule has 14 heavy (non-hydrogen) atoms. The number of hydrogen-bond donors (Lipinski definition) is 0. The van der Waals surface area contributed by atoms with Crippen molar-refractivity contribution in [2.24, 2.45) is 17.8 Å². The second kappa shape index (κ2) is 3.15. The molecule has 0 spiro atoms. The van der Waals surface area contributed by atoms with E-state index in [1.54, 1.807) is 0 Å². The first-order valence-corrected chi connectivity index (χ1v) is 5.97. The van der Waals surface area contributed by atoms with Crippen molar-refractivity contribution in [1.82, 2.24) is 4.57 Å². The summed E-state index contributed by atoms with van der Waals surface area (Å²) in [5.41, 5.74) is 0. The van der Waals surface area contributed by atoms with Crippen molar-refractivity contribution in [2.45, 2.75) is 38.6 Å². The maximum absolute atomic E-state index is 2.39. The van der Waals surface area contributed by atoms with Crippen LogP contribution in [0.3, 0.4) is 0 Å². The Morgan fingerprint density at radius 2 is 1.93 bits per heavy atom. The van der Waals surface area contributed by atoms with Crippen molar-refractivity contribution in [3.05, 3.63) is 24.5 Å². The molecule has 1 heteroatoms. The van der Waals surface area contributed by atoms with Crippen molar-refractivity contribution < 1.29 is 0 Å². The Kier molecular flexibility index (Phi) is 1.93. The van der Waals surface area contributed by atoms with Crippen LogP contribution in [0.5, 0.6) is 0 Å². The van der Waals surface area contributed by atoms with E-state index < -0.39 is 0 Å². The average Bonchev–Trinajstić information content (AvgIpc) is 2.93. The van der Waals surface area contributed by atoms with E-state index in [1.165, 1.54) is 25.7 Å². The second-order valence-corrected chi connectivity index (χ2v) is 5.21. The molecule has 0 saturated heterocycles. The highest BCUT2D eigenvalue weighted by atomic mass is 15.0. The van der Waals surface area contributed by atoms with Gasteiger partial charge in [0.15, 0.2) is 0 Å². The van der Waals surface area contributed by atoms with E-state index in [1.807, 2.05) is 0 Å². The Morgan fingerprint density at radius 3 is 2.50 bits per heavy atom. The van der Waals surface area contributed by atoms with Crippen LogP contribution in [0.2, 0.25) is 0 Å². The van der Waals surface area contributed by atoms with Gasteiger partial charge in [-0.3, -0.25) is 0 Å². The van der Waals surface area contributed by atoms with Crippen LogP contribution < -0.4 is 0 Å². The standard InChI is InChI=1S/C13H19N/c1-10(14-6-2-3-7-14)13-9-11-4-5-12(13)8-11/h2-3,6-7,10-13H,4-5,8-9H2,1H3/t10?,11-,12+,13?/m1/s1.